The van der Waals surface area contributed by atoms with Gasteiger partial charge in [-0.3, -0.25) is 0 Å². The smallest absolute Gasteiger partial charge is 0.0546 e. The fourth-order valence-corrected chi connectivity index (χ4v) is 8.75. The van der Waals surface area contributed by atoms with Crippen LogP contribution in [0.2, 0.25) is 0 Å². The molecule has 11 aromatic carbocycles. The first-order valence-electron chi connectivity index (χ1n) is 20.3. The van der Waals surface area contributed by atoms with Crippen molar-refractivity contribution < 1.29 is 0 Å². The van der Waals surface area contributed by atoms with Gasteiger partial charge in [0.1, 0.15) is 0 Å². The third-order valence-corrected chi connectivity index (χ3v) is 11.8. The summed E-state index contributed by atoms with van der Waals surface area (Å²) < 4.78 is 0. The maximum atomic E-state index is 2.45. The van der Waals surface area contributed by atoms with Crippen LogP contribution >= 0.6 is 0 Å². The Hall–Kier alpha value is -7.74. The van der Waals surface area contributed by atoms with Crippen LogP contribution in [0.15, 0.2) is 237 Å². The van der Waals surface area contributed by atoms with Crippen molar-refractivity contribution in [2.45, 2.75) is 0 Å². The van der Waals surface area contributed by atoms with E-state index in [4.69, 9.17) is 0 Å². The molecule has 11 aromatic rings. The first-order valence-corrected chi connectivity index (χ1v) is 20.3. The van der Waals surface area contributed by atoms with E-state index in [1.807, 2.05) is 0 Å². The lowest BCUT2D eigenvalue weighted by Crippen LogP contribution is -2.11. The quantitative estimate of drug-likeness (QED) is 0.157. The van der Waals surface area contributed by atoms with Gasteiger partial charge in [0.15, 0.2) is 0 Å². The molecule has 0 bridgehead atoms. The van der Waals surface area contributed by atoms with Crippen molar-refractivity contribution in [3.8, 4) is 44.5 Å². The van der Waals surface area contributed by atoms with Crippen molar-refractivity contribution in [3.63, 3.8) is 0 Å². The molecule has 59 heavy (non-hydrogen) atoms. The van der Waals surface area contributed by atoms with Gasteiger partial charge in [-0.25, -0.2) is 0 Å². The van der Waals surface area contributed by atoms with Crippen LogP contribution in [0.1, 0.15) is 0 Å². The minimum Gasteiger partial charge on any atom is -0.310 e. The van der Waals surface area contributed by atoms with Gasteiger partial charge in [0.05, 0.1) is 5.69 Å². The fraction of sp³-hybridized carbons (Fsp3) is 0. The Balaban J connectivity index is 1.13. The van der Waals surface area contributed by atoms with Gasteiger partial charge < -0.3 is 4.90 Å². The summed E-state index contributed by atoms with van der Waals surface area (Å²) >= 11 is 0. The van der Waals surface area contributed by atoms with Gasteiger partial charge in [0.25, 0.3) is 0 Å². The molecule has 0 atom stereocenters. The van der Waals surface area contributed by atoms with Crippen LogP contribution in [0.4, 0.5) is 17.1 Å². The van der Waals surface area contributed by atoms with Crippen molar-refractivity contribution in [2.24, 2.45) is 0 Å². The molecule has 0 fully saturated rings. The van der Waals surface area contributed by atoms with Gasteiger partial charge >= 0.3 is 0 Å². The first-order chi connectivity index (χ1) is 29.2. The molecule has 276 valence electrons. The molecule has 0 aromatic heterocycles. The van der Waals surface area contributed by atoms with E-state index in [9.17, 15) is 0 Å². The zero-order chi connectivity index (χ0) is 39.1. The first kappa shape index (κ1) is 34.5. The van der Waals surface area contributed by atoms with Gasteiger partial charge in [0.2, 0.25) is 0 Å². The van der Waals surface area contributed by atoms with E-state index in [1.54, 1.807) is 0 Å². The van der Waals surface area contributed by atoms with Gasteiger partial charge in [-0.05, 0) is 131 Å². The predicted octanol–water partition coefficient (Wildman–Crippen LogP) is 16.4. The molecule has 0 unspecified atom stereocenters. The van der Waals surface area contributed by atoms with E-state index < -0.39 is 0 Å². The molecule has 0 aliphatic rings. The number of hydrogen-bond acceptors (Lipinski definition) is 1. The van der Waals surface area contributed by atoms with Crippen LogP contribution in [-0.4, -0.2) is 0 Å². The van der Waals surface area contributed by atoms with Gasteiger partial charge in [-0.1, -0.05) is 188 Å². The zero-order valence-corrected chi connectivity index (χ0v) is 32.5. The predicted molar refractivity (Wildman–Crippen MR) is 253 cm³/mol. The second-order valence-electron chi connectivity index (χ2n) is 15.4. The minimum absolute atomic E-state index is 1.09. The number of fused-ring (bicyclic) bond motifs is 4. The number of anilines is 3. The van der Waals surface area contributed by atoms with Crippen LogP contribution in [0, 0.1) is 0 Å². The van der Waals surface area contributed by atoms with E-state index in [2.05, 4.69) is 241 Å². The second-order valence-corrected chi connectivity index (χ2v) is 15.4. The molecule has 0 heterocycles. The van der Waals surface area contributed by atoms with Gasteiger partial charge in [-0.2, -0.15) is 0 Å². The largest absolute Gasteiger partial charge is 0.310 e. The highest BCUT2D eigenvalue weighted by Crippen LogP contribution is 2.45. The molecule has 0 saturated heterocycles. The summed E-state index contributed by atoms with van der Waals surface area (Å²) in [5, 5.41) is 9.89. The number of hydrogen-bond donors (Lipinski definition) is 0. The van der Waals surface area contributed by atoms with Crippen molar-refractivity contribution >= 4 is 60.2 Å². The molecule has 11 rings (SSSR count). The standard InChI is InChI=1S/C58H39N/c1-4-15-45-35-48(26-23-40(45)11-1)43-29-32-53(33-30-43)59(54-20-9-19-51(38-54)56-22-10-18-44-14-7-8-21-55(44)56)58-39-50(49-27-24-41-12-2-5-16-46(41)36-49)31-34-57(58)52-28-25-42-13-3-6-17-47(42)37-52/h1-39H. The third kappa shape index (κ3) is 6.49. The summed E-state index contributed by atoms with van der Waals surface area (Å²) in [6.45, 7) is 0. The highest BCUT2D eigenvalue weighted by molar-refractivity contribution is 5.99. The van der Waals surface area contributed by atoms with Crippen LogP contribution < -0.4 is 4.90 Å². The number of rotatable bonds is 7. The van der Waals surface area contributed by atoms with E-state index >= 15 is 0 Å². The summed E-state index contributed by atoms with van der Waals surface area (Å²) in [7, 11) is 0. The highest BCUT2D eigenvalue weighted by atomic mass is 15.1. The normalized spacial score (nSPS) is 11.4. The van der Waals surface area contributed by atoms with E-state index in [0.717, 1.165) is 22.6 Å². The lowest BCUT2D eigenvalue weighted by molar-refractivity contribution is 1.28. The fourth-order valence-electron chi connectivity index (χ4n) is 8.75. The molecular formula is C58H39N. The monoisotopic (exact) mass is 749 g/mol. The molecule has 0 saturated carbocycles. The van der Waals surface area contributed by atoms with E-state index in [-0.39, 0.29) is 0 Å². The average Bonchev–Trinajstić information content (AvgIpc) is 3.31. The maximum Gasteiger partial charge on any atom is 0.0546 e. The molecule has 0 N–H and O–H groups in total. The average molecular weight is 750 g/mol. The second kappa shape index (κ2) is 14.6. The summed E-state index contributed by atoms with van der Waals surface area (Å²) in [4.78, 5) is 2.45. The molecule has 0 amide bonds. The van der Waals surface area contributed by atoms with E-state index in [0.29, 0.717) is 0 Å². The Morgan fingerprint density at radius 3 is 1.34 bits per heavy atom. The van der Waals surface area contributed by atoms with Crippen molar-refractivity contribution in [2.75, 3.05) is 4.90 Å². The Kier molecular flexibility index (Phi) is 8.56. The molecule has 0 radical (unpaired) electrons. The van der Waals surface area contributed by atoms with Gasteiger partial charge in [0, 0.05) is 16.9 Å². The highest BCUT2D eigenvalue weighted by Gasteiger charge is 2.20. The van der Waals surface area contributed by atoms with Crippen LogP contribution in [0.25, 0.3) is 87.6 Å². The lowest BCUT2D eigenvalue weighted by Gasteiger charge is -2.29. The number of nitrogens with zero attached hydrogens (tertiary/aromatic N) is 1. The SMILES string of the molecule is c1cc(-c2cccc3ccccc23)cc(N(c2ccc(-c3ccc4ccccc4c3)cc2)c2cc(-c3ccc4ccccc4c3)ccc2-c2ccc3ccccc3c2)c1. The van der Waals surface area contributed by atoms with Crippen molar-refractivity contribution in [1.82, 2.24) is 0 Å². The Labute approximate surface area is 344 Å². The van der Waals surface area contributed by atoms with Crippen LogP contribution in [-0.2, 0) is 0 Å². The zero-order valence-electron chi connectivity index (χ0n) is 32.5. The molecule has 0 aliphatic heterocycles. The summed E-state index contributed by atoms with van der Waals surface area (Å²) in [5.74, 6) is 0. The van der Waals surface area contributed by atoms with Crippen LogP contribution in [0.3, 0.4) is 0 Å². The summed E-state index contributed by atoms with van der Waals surface area (Å²) in [6, 6.07) is 86.6. The van der Waals surface area contributed by atoms with Crippen molar-refractivity contribution in [3.05, 3.63) is 237 Å². The van der Waals surface area contributed by atoms with E-state index in [1.165, 1.54) is 82.0 Å². The molecule has 0 aliphatic carbocycles. The maximum absolute atomic E-state index is 2.45. The third-order valence-electron chi connectivity index (χ3n) is 11.8. The Morgan fingerprint density at radius 1 is 0.220 bits per heavy atom. The Morgan fingerprint density at radius 2 is 0.678 bits per heavy atom. The minimum atomic E-state index is 1.09. The molecular weight excluding hydrogens is 711 g/mol. The summed E-state index contributed by atoms with van der Waals surface area (Å²) in [5.41, 5.74) is 12.8. The number of benzene rings is 11. The molecule has 1 nitrogen and oxygen atoms in total. The van der Waals surface area contributed by atoms with Crippen molar-refractivity contribution in [1.29, 1.82) is 0 Å². The van der Waals surface area contributed by atoms with Crippen LogP contribution in [0.5, 0.6) is 0 Å². The van der Waals surface area contributed by atoms with Gasteiger partial charge in [-0.15, -0.1) is 0 Å². The molecule has 1 heteroatoms. The lowest BCUT2D eigenvalue weighted by atomic mass is 9.94. The molecule has 0 spiro atoms. The summed E-state index contributed by atoms with van der Waals surface area (Å²) in [6.07, 6.45) is 0. The topological polar surface area (TPSA) is 3.24 Å². The Bertz CT molecular complexity index is 3330.